The van der Waals surface area contributed by atoms with E-state index in [0.717, 1.165) is 36.3 Å². The molecule has 1 heterocycles. The van der Waals surface area contributed by atoms with Crippen LogP contribution in [-0.2, 0) is 16.8 Å². The molecule has 0 spiro atoms. The zero-order valence-electron chi connectivity index (χ0n) is 17.3. The highest BCUT2D eigenvalue weighted by Gasteiger charge is 2.51. The van der Waals surface area contributed by atoms with E-state index in [9.17, 15) is 4.79 Å². The maximum Gasteiger partial charge on any atom is 0.249 e. The van der Waals surface area contributed by atoms with Gasteiger partial charge in [-0.1, -0.05) is 62.2 Å². The van der Waals surface area contributed by atoms with E-state index in [1.54, 1.807) is 0 Å². The monoisotopic (exact) mass is 433 g/mol. The molecule has 3 N–H and O–H groups in total. The number of carbonyl (C=O) groups excluding carboxylic acids is 1. The molecule has 0 bridgehead atoms. The number of fused-ring (bicyclic) bond motifs is 1. The minimum Gasteiger partial charge on any atom is -0.330 e. The lowest BCUT2D eigenvalue weighted by atomic mass is 9.81. The molecule has 156 valence electrons. The van der Waals surface area contributed by atoms with Crippen molar-refractivity contribution < 1.29 is 4.79 Å². The van der Waals surface area contributed by atoms with Gasteiger partial charge in [0.05, 0.1) is 0 Å². The van der Waals surface area contributed by atoms with Gasteiger partial charge in [-0.05, 0) is 48.2 Å². The summed E-state index contributed by atoms with van der Waals surface area (Å²) in [5, 5.41) is 4.34. The fourth-order valence-corrected chi connectivity index (χ4v) is 4.52. The molecular weight excluding hydrogens is 405 g/mol. The Hall–Kier alpha value is -1.59. The molecule has 2 aromatic rings. The molecule has 0 saturated heterocycles. The number of nitrogens with one attached hydrogen (secondary N) is 1. The lowest BCUT2D eigenvalue weighted by molar-refractivity contribution is -0.129. The van der Waals surface area contributed by atoms with Crippen molar-refractivity contribution in [1.82, 2.24) is 4.90 Å². The van der Waals surface area contributed by atoms with Crippen LogP contribution in [0.4, 0.5) is 5.69 Å². The van der Waals surface area contributed by atoms with Crippen LogP contribution in [0.5, 0.6) is 0 Å². The second-order valence-electron chi connectivity index (χ2n) is 8.94. The molecule has 2 aromatic carbocycles. The third-order valence-corrected chi connectivity index (χ3v) is 5.71. The van der Waals surface area contributed by atoms with Gasteiger partial charge in [0.15, 0.2) is 0 Å². The number of halogens is 2. The van der Waals surface area contributed by atoms with Crippen molar-refractivity contribution in [1.29, 1.82) is 0 Å². The lowest BCUT2D eigenvalue weighted by Crippen LogP contribution is -2.55. The number of carbonyl (C=O) groups is 1. The first-order valence-corrected chi connectivity index (χ1v) is 10.7. The molecule has 6 heteroatoms. The molecule has 1 aliphatic heterocycles. The molecule has 4 nitrogen and oxygen atoms in total. The van der Waals surface area contributed by atoms with E-state index >= 15 is 0 Å². The van der Waals surface area contributed by atoms with Crippen LogP contribution in [0.25, 0.3) is 0 Å². The Balaban J connectivity index is 2.16. The number of nitrogens with zero attached hydrogens (tertiary/aromatic N) is 1. The molecule has 1 amide bonds. The zero-order chi connectivity index (χ0) is 21.2. The number of hydrogen-bond acceptors (Lipinski definition) is 3. The molecule has 1 aliphatic rings. The Bertz CT molecular complexity index is 894. The minimum absolute atomic E-state index is 0.00535. The fourth-order valence-electron chi connectivity index (χ4n) is 4.13. The van der Waals surface area contributed by atoms with Gasteiger partial charge in [-0.15, -0.1) is 0 Å². The van der Waals surface area contributed by atoms with Crippen molar-refractivity contribution in [2.45, 2.75) is 39.2 Å². The van der Waals surface area contributed by atoms with E-state index in [2.05, 4.69) is 31.0 Å². The quantitative estimate of drug-likeness (QED) is 0.639. The van der Waals surface area contributed by atoms with Gasteiger partial charge < -0.3 is 11.1 Å². The molecule has 0 fully saturated rings. The van der Waals surface area contributed by atoms with Crippen molar-refractivity contribution in [2.24, 2.45) is 11.1 Å². The Labute approximate surface area is 183 Å². The van der Waals surface area contributed by atoms with Gasteiger partial charge >= 0.3 is 0 Å². The van der Waals surface area contributed by atoms with Crippen molar-refractivity contribution in [3.63, 3.8) is 0 Å². The molecule has 3 rings (SSSR count). The SMILES string of the molecule is CC(C)(C)CN(CCCN)C1(Cc2cccc(Cl)c2)C(=O)Nc2cc(Cl)ccc21. The van der Waals surface area contributed by atoms with Gasteiger partial charge in [0.1, 0.15) is 5.54 Å². The second kappa shape index (κ2) is 8.65. The molecular formula is C23H29Cl2N3O. The van der Waals surface area contributed by atoms with Crippen molar-refractivity contribution in [3.05, 3.63) is 63.6 Å². The van der Waals surface area contributed by atoms with Gasteiger partial charge in [0.25, 0.3) is 0 Å². The summed E-state index contributed by atoms with van der Waals surface area (Å²) < 4.78 is 0. The summed E-state index contributed by atoms with van der Waals surface area (Å²) in [6, 6.07) is 13.4. The Morgan fingerprint density at radius 1 is 1.10 bits per heavy atom. The highest BCUT2D eigenvalue weighted by molar-refractivity contribution is 6.31. The molecule has 0 aliphatic carbocycles. The smallest absolute Gasteiger partial charge is 0.249 e. The van der Waals surface area contributed by atoms with Crippen LogP contribution in [-0.4, -0.2) is 30.4 Å². The highest BCUT2D eigenvalue weighted by Crippen LogP contribution is 2.45. The van der Waals surface area contributed by atoms with Gasteiger partial charge in [0.2, 0.25) is 5.91 Å². The molecule has 1 atom stereocenters. The van der Waals surface area contributed by atoms with E-state index < -0.39 is 5.54 Å². The normalized spacial score (nSPS) is 18.8. The van der Waals surface area contributed by atoms with Crippen LogP contribution in [0.3, 0.4) is 0 Å². The molecule has 1 unspecified atom stereocenters. The minimum atomic E-state index is -0.840. The van der Waals surface area contributed by atoms with Crippen LogP contribution in [0.2, 0.25) is 10.0 Å². The Morgan fingerprint density at radius 2 is 1.83 bits per heavy atom. The van der Waals surface area contributed by atoms with Gasteiger partial charge in [-0.2, -0.15) is 0 Å². The molecule has 0 radical (unpaired) electrons. The first kappa shape index (κ1) is 22.1. The summed E-state index contributed by atoms with van der Waals surface area (Å²) in [7, 11) is 0. The third-order valence-electron chi connectivity index (χ3n) is 5.24. The Kier molecular flexibility index (Phi) is 6.59. The number of benzene rings is 2. The van der Waals surface area contributed by atoms with Crippen molar-refractivity contribution in [2.75, 3.05) is 25.0 Å². The lowest BCUT2D eigenvalue weighted by Gasteiger charge is -2.43. The second-order valence-corrected chi connectivity index (χ2v) is 9.81. The standard InChI is InChI=1S/C23H29Cl2N3O/c1-22(2,3)15-28(11-5-10-26)23(14-16-6-4-7-17(24)12-16)19-9-8-18(25)13-20(19)27-21(23)29/h4,6-9,12-13H,5,10-11,14-15,26H2,1-3H3,(H,27,29). The predicted molar refractivity (Wildman–Crippen MR) is 122 cm³/mol. The first-order valence-electron chi connectivity index (χ1n) is 9.97. The van der Waals surface area contributed by atoms with Crippen LogP contribution in [0.1, 0.15) is 38.3 Å². The Morgan fingerprint density at radius 3 is 2.48 bits per heavy atom. The predicted octanol–water partition coefficient (Wildman–Crippen LogP) is 5.08. The molecule has 29 heavy (non-hydrogen) atoms. The highest BCUT2D eigenvalue weighted by atomic mass is 35.5. The largest absolute Gasteiger partial charge is 0.330 e. The van der Waals surface area contributed by atoms with Crippen LogP contribution < -0.4 is 11.1 Å². The summed E-state index contributed by atoms with van der Waals surface area (Å²) >= 11 is 12.5. The van der Waals surface area contributed by atoms with Gasteiger partial charge in [0, 0.05) is 40.8 Å². The zero-order valence-corrected chi connectivity index (χ0v) is 18.8. The van der Waals surface area contributed by atoms with Crippen LogP contribution >= 0.6 is 23.2 Å². The number of rotatable bonds is 7. The maximum absolute atomic E-state index is 13.6. The van der Waals surface area contributed by atoms with Crippen LogP contribution in [0.15, 0.2) is 42.5 Å². The maximum atomic E-state index is 13.6. The van der Waals surface area contributed by atoms with Crippen molar-refractivity contribution in [3.8, 4) is 0 Å². The van der Waals surface area contributed by atoms with E-state index in [4.69, 9.17) is 28.9 Å². The first-order chi connectivity index (χ1) is 13.7. The van der Waals surface area contributed by atoms with Gasteiger partial charge in [-0.25, -0.2) is 0 Å². The van der Waals surface area contributed by atoms with E-state index in [-0.39, 0.29) is 11.3 Å². The van der Waals surface area contributed by atoms with E-state index in [0.29, 0.717) is 23.0 Å². The summed E-state index contributed by atoms with van der Waals surface area (Å²) in [4.78, 5) is 15.9. The average molecular weight is 434 g/mol. The van der Waals surface area contributed by atoms with E-state index in [1.807, 2.05) is 42.5 Å². The van der Waals surface area contributed by atoms with Crippen LogP contribution in [0, 0.1) is 5.41 Å². The summed E-state index contributed by atoms with van der Waals surface area (Å²) in [5.41, 5.74) is 7.75. The van der Waals surface area contributed by atoms with Gasteiger partial charge in [-0.3, -0.25) is 9.69 Å². The summed E-state index contributed by atoms with van der Waals surface area (Å²) in [5.74, 6) is -0.0315. The average Bonchev–Trinajstić information content (AvgIpc) is 2.89. The molecule has 0 aromatic heterocycles. The number of anilines is 1. The summed E-state index contributed by atoms with van der Waals surface area (Å²) in [6.45, 7) is 8.61. The van der Waals surface area contributed by atoms with Crippen molar-refractivity contribution >= 4 is 34.8 Å². The third kappa shape index (κ3) is 4.77. The summed E-state index contributed by atoms with van der Waals surface area (Å²) in [6.07, 6.45) is 1.33. The molecule has 0 saturated carbocycles. The number of hydrogen-bond donors (Lipinski definition) is 2. The number of amides is 1. The number of nitrogens with two attached hydrogens (primary N) is 1. The topological polar surface area (TPSA) is 58.4 Å². The van der Waals surface area contributed by atoms with E-state index in [1.165, 1.54) is 0 Å². The fraction of sp³-hybridized carbons (Fsp3) is 0.435.